The molecule has 0 aromatic heterocycles. The molecule has 2 N–H and O–H groups in total. The number of thiol groups is 1. The van der Waals surface area contributed by atoms with Gasteiger partial charge in [0, 0.05) is 22.8 Å². The number of hydrogen-bond acceptors (Lipinski definition) is 5. The van der Waals surface area contributed by atoms with Gasteiger partial charge in [-0.05, 0) is 71.1 Å². The normalized spacial score (nSPS) is 11.4. The molecule has 0 saturated carbocycles. The molecule has 0 aliphatic carbocycles. The highest BCUT2D eigenvalue weighted by molar-refractivity contribution is 9.10. The lowest BCUT2D eigenvalue weighted by Crippen LogP contribution is -2.19. The van der Waals surface area contributed by atoms with Crippen LogP contribution in [-0.4, -0.2) is 25.9 Å². The number of benzene rings is 2. The van der Waals surface area contributed by atoms with Crippen LogP contribution in [0.5, 0.6) is 0 Å². The van der Waals surface area contributed by atoms with Crippen LogP contribution in [-0.2, 0) is 14.3 Å². The number of aryl methyl sites for hydroxylation is 1. The lowest BCUT2D eigenvalue weighted by atomic mass is 9.87. The van der Waals surface area contributed by atoms with Crippen LogP contribution in [0.3, 0.4) is 0 Å². The van der Waals surface area contributed by atoms with E-state index in [1.807, 2.05) is 45.0 Å². The minimum Gasteiger partial charge on any atom is -0.467 e. The van der Waals surface area contributed by atoms with Crippen LogP contribution in [0.2, 0.25) is 0 Å². The number of carbonyl (C=O) groups is 1. The molecule has 29 heavy (non-hydrogen) atoms. The number of nitrogen functional groups attached to an aromatic ring is 1. The van der Waals surface area contributed by atoms with Gasteiger partial charge in [0.2, 0.25) is 0 Å². The van der Waals surface area contributed by atoms with Crippen LogP contribution in [0.1, 0.15) is 48.1 Å². The Hall–Kier alpha value is -1.50. The average Bonchev–Trinajstić information content (AvgIpc) is 2.72. The summed E-state index contributed by atoms with van der Waals surface area (Å²) >= 11 is 7.57. The summed E-state index contributed by atoms with van der Waals surface area (Å²) in [6, 6.07) is 8.15. The van der Waals surface area contributed by atoms with Crippen LogP contribution in [0.15, 0.2) is 28.7 Å². The predicted molar refractivity (Wildman–Crippen MR) is 129 cm³/mol. The molecule has 1 atom stereocenters. The summed E-state index contributed by atoms with van der Waals surface area (Å²) in [5.74, 6) is 0.589. The smallest absolute Gasteiger partial charge is 0.339 e. The fourth-order valence-electron chi connectivity index (χ4n) is 3.03. The SMILES string of the molecule is CCCCS.COC(=O)[C@@H](OC)c1c(C)c(N)c(Br)c(C)c1-c1ccc(C)cc1. The second kappa shape index (κ2) is 12.3. The molecule has 4 nitrogen and oxygen atoms in total. The number of ether oxygens (including phenoxy) is 2. The number of hydrogen-bond donors (Lipinski definition) is 2. The first-order chi connectivity index (χ1) is 13.7. The van der Waals surface area contributed by atoms with E-state index in [9.17, 15) is 4.79 Å². The third kappa shape index (κ3) is 6.24. The van der Waals surface area contributed by atoms with E-state index in [0.29, 0.717) is 5.69 Å². The first-order valence-electron chi connectivity index (χ1n) is 9.61. The molecule has 0 bridgehead atoms. The maximum atomic E-state index is 12.2. The Kier molecular flexibility index (Phi) is 10.8. The number of methoxy groups -OCH3 is 2. The Morgan fingerprint density at radius 3 is 2.14 bits per heavy atom. The Bertz CT molecular complexity index is 820. The Labute approximate surface area is 188 Å². The van der Waals surface area contributed by atoms with Crippen molar-refractivity contribution in [1.82, 2.24) is 0 Å². The molecule has 2 rings (SSSR count). The topological polar surface area (TPSA) is 61.5 Å². The van der Waals surface area contributed by atoms with E-state index in [-0.39, 0.29) is 0 Å². The molecule has 0 aliphatic heterocycles. The fourth-order valence-corrected chi connectivity index (χ4v) is 3.84. The molecule has 0 spiro atoms. The molecular formula is C23H32BrNO3S. The van der Waals surface area contributed by atoms with Gasteiger partial charge in [-0.1, -0.05) is 43.2 Å². The van der Waals surface area contributed by atoms with Crippen molar-refractivity contribution in [2.45, 2.75) is 46.6 Å². The van der Waals surface area contributed by atoms with Crippen LogP contribution in [0.25, 0.3) is 11.1 Å². The van der Waals surface area contributed by atoms with Crippen LogP contribution in [0.4, 0.5) is 5.69 Å². The van der Waals surface area contributed by atoms with E-state index < -0.39 is 12.1 Å². The summed E-state index contributed by atoms with van der Waals surface area (Å²) in [4.78, 5) is 12.2. The van der Waals surface area contributed by atoms with Gasteiger partial charge in [-0.2, -0.15) is 12.6 Å². The summed E-state index contributed by atoms with van der Waals surface area (Å²) < 4.78 is 11.2. The van der Waals surface area contributed by atoms with Gasteiger partial charge < -0.3 is 15.2 Å². The molecular weight excluding hydrogens is 450 g/mol. The van der Waals surface area contributed by atoms with Crippen molar-refractivity contribution >= 4 is 40.2 Å². The summed E-state index contributed by atoms with van der Waals surface area (Å²) in [5, 5.41) is 0. The molecule has 0 heterocycles. The third-order valence-corrected chi connectivity index (χ3v) is 6.12. The minimum absolute atomic E-state index is 0.449. The number of anilines is 1. The molecule has 2 aromatic carbocycles. The van der Waals surface area contributed by atoms with E-state index in [2.05, 4.69) is 35.5 Å². The predicted octanol–water partition coefficient (Wildman–Crippen LogP) is 6.20. The van der Waals surface area contributed by atoms with E-state index in [1.165, 1.54) is 32.6 Å². The zero-order valence-corrected chi connectivity index (χ0v) is 20.6. The largest absolute Gasteiger partial charge is 0.467 e. The quantitative estimate of drug-likeness (QED) is 0.292. The Morgan fingerprint density at radius 2 is 1.72 bits per heavy atom. The molecule has 0 radical (unpaired) electrons. The molecule has 0 aliphatic rings. The highest BCUT2D eigenvalue weighted by Gasteiger charge is 2.29. The van der Waals surface area contributed by atoms with Gasteiger partial charge in [0.15, 0.2) is 6.10 Å². The van der Waals surface area contributed by atoms with Crippen molar-refractivity contribution in [3.63, 3.8) is 0 Å². The Morgan fingerprint density at radius 1 is 1.14 bits per heavy atom. The highest BCUT2D eigenvalue weighted by Crippen LogP contribution is 2.43. The number of esters is 1. The summed E-state index contributed by atoms with van der Waals surface area (Å²) in [6.45, 7) is 8.06. The maximum absolute atomic E-state index is 12.2. The molecule has 0 fully saturated rings. The van der Waals surface area contributed by atoms with E-state index in [0.717, 1.165) is 38.0 Å². The number of halogens is 1. The molecule has 6 heteroatoms. The van der Waals surface area contributed by atoms with E-state index in [1.54, 1.807) is 0 Å². The van der Waals surface area contributed by atoms with Crippen LogP contribution in [0, 0.1) is 20.8 Å². The molecule has 0 amide bonds. The summed E-state index contributed by atoms with van der Waals surface area (Å²) in [7, 11) is 2.85. The van der Waals surface area contributed by atoms with Gasteiger partial charge in [0.25, 0.3) is 0 Å². The van der Waals surface area contributed by atoms with Gasteiger partial charge in [-0.3, -0.25) is 0 Å². The zero-order chi connectivity index (χ0) is 22.1. The second-order valence-electron chi connectivity index (χ2n) is 6.85. The van der Waals surface area contributed by atoms with E-state index >= 15 is 0 Å². The van der Waals surface area contributed by atoms with Crippen molar-refractivity contribution in [1.29, 1.82) is 0 Å². The average molecular weight is 482 g/mol. The van der Waals surface area contributed by atoms with Gasteiger partial charge in [0.05, 0.1) is 7.11 Å². The van der Waals surface area contributed by atoms with Crippen LogP contribution < -0.4 is 5.73 Å². The maximum Gasteiger partial charge on any atom is 0.339 e. The Balaban J connectivity index is 0.000000749. The monoisotopic (exact) mass is 481 g/mol. The molecule has 0 saturated heterocycles. The third-order valence-electron chi connectivity index (χ3n) is 4.78. The van der Waals surface area contributed by atoms with Crippen molar-refractivity contribution < 1.29 is 14.3 Å². The van der Waals surface area contributed by atoms with Crippen molar-refractivity contribution in [3.05, 3.63) is 51.0 Å². The van der Waals surface area contributed by atoms with Crippen molar-refractivity contribution in [3.8, 4) is 11.1 Å². The van der Waals surface area contributed by atoms with Gasteiger partial charge >= 0.3 is 5.97 Å². The fraction of sp³-hybridized carbons (Fsp3) is 0.435. The molecule has 0 unspecified atom stereocenters. The standard InChI is InChI=1S/C19H22BrNO3.C4H10S/c1-10-6-8-13(9-7-10)14-11(2)16(20)17(21)12(3)15(14)18(23-4)19(22)24-5;1-2-3-4-5/h6-9,18H,21H2,1-5H3;5H,2-4H2,1H3/t18-;/m0./s1. The summed E-state index contributed by atoms with van der Waals surface area (Å²) in [5.41, 5.74) is 12.4. The molecule has 160 valence electrons. The van der Waals surface area contributed by atoms with E-state index in [4.69, 9.17) is 15.2 Å². The van der Waals surface area contributed by atoms with Crippen molar-refractivity contribution in [2.75, 3.05) is 25.7 Å². The lowest BCUT2D eigenvalue weighted by Gasteiger charge is -2.24. The van der Waals surface area contributed by atoms with Crippen molar-refractivity contribution in [2.24, 2.45) is 0 Å². The number of rotatable bonds is 6. The number of carbonyl (C=O) groups excluding carboxylic acids is 1. The zero-order valence-electron chi connectivity index (χ0n) is 18.1. The number of unbranched alkanes of at least 4 members (excludes halogenated alkanes) is 1. The second-order valence-corrected chi connectivity index (χ2v) is 8.09. The molecule has 2 aromatic rings. The first-order valence-corrected chi connectivity index (χ1v) is 11.0. The van der Waals surface area contributed by atoms with Crippen LogP contribution >= 0.6 is 28.6 Å². The lowest BCUT2D eigenvalue weighted by molar-refractivity contribution is -0.152. The minimum atomic E-state index is -0.833. The highest BCUT2D eigenvalue weighted by atomic mass is 79.9. The summed E-state index contributed by atoms with van der Waals surface area (Å²) in [6.07, 6.45) is 1.69. The number of nitrogens with two attached hydrogens (primary N) is 1. The first kappa shape index (κ1) is 25.5. The van der Waals surface area contributed by atoms with Gasteiger partial charge in [-0.25, -0.2) is 4.79 Å². The van der Waals surface area contributed by atoms with Gasteiger partial charge in [0.1, 0.15) is 0 Å². The van der Waals surface area contributed by atoms with Gasteiger partial charge in [-0.15, -0.1) is 0 Å².